The Morgan fingerprint density at radius 1 is 1.30 bits per heavy atom. The van der Waals surface area contributed by atoms with Gasteiger partial charge in [-0.2, -0.15) is 13.2 Å². The van der Waals surface area contributed by atoms with E-state index in [-0.39, 0.29) is 19.4 Å². The molecular weight excluding hydrogens is 277 g/mol. The van der Waals surface area contributed by atoms with Crippen molar-refractivity contribution in [2.45, 2.75) is 37.9 Å². The third-order valence-corrected chi connectivity index (χ3v) is 4.25. The molecule has 0 aromatic heterocycles. The molecule has 1 aliphatic carbocycles. The van der Waals surface area contributed by atoms with Crippen molar-refractivity contribution in [1.82, 2.24) is 10.6 Å². The quantitative estimate of drug-likeness (QED) is 0.722. The molecule has 114 valence electrons. The van der Waals surface area contributed by atoms with Gasteiger partial charge in [-0.05, 0) is 32.2 Å². The minimum Gasteiger partial charge on any atom is -0.481 e. The zero-order chi connectivity index (χ0) is 15.0. The Morgan fingerprint density at radius 2 is 2.00 bits per heavy atom. The van der Waals surface area contributed by atoms with Gasteiger partial charge in [0.25, 0.3) is 0 Å². The smallest absolute Gasteiger partial charge is 0.404 e. The molecule has 0 spiro atoms. The highest BCUT2D eigenvalue weighted by atomic mass is 19.4. The van der Waals surface area contributed by atoms with Crippen molar-refractivity contribution in [1.29, 1.82) is 0 Å². The first-order valence-electron chi connectivity index (χ1n) is 6.57. The van der Waals surface area contributed by atoms with Crippen molar-refractivity contribution in [2.75, 3.05) is 13.1 Å². The molecule has 1 amide bonds. The number of hydrogen-bond donors (Lipinski definition) is 3. The highest BCUT2D eigenvalue weighted by Gasteiger charge is 2.61. The summed E-state index contributed by atoms with van der Waals surface area (Å²) in [6, 6.07) is -0.483. The van der Waals surface area contributed by atoms with Crippen LogP contribution in [-0.4, -0.2) is 42.3 Å². The number of carbonyl (C=O) groups excluding carboxylic acids is 1. The molecule has 1 unspecified atom stereocenters. The molecule has 1 aliphatic heterocycles. The summed E-state index contributed by atoms with van der Waals surface area (Å²) in [5, 5.41) is 13.8. The number of rotatable bonds is 3. The molecule has 0 aromatic rings. The van der Waals surface area contributed by atoms with Crippen molar-refractivity contribution in [3.05, 3.63) is 0 Å². The maximum absolute atomic E-state index is 13.2. The van der Waals surface area contributed by atoms with E-state index in [1.807, 2.05) is 0 Å². The van der Waals surface area contributed by atoms with Crippen LogP contribution in [0.2, 0.25) is 0 Å². The molecule has 20 heavy (non-hydrogen) atoms. The standard InChI is InChI=1S/C12H17F3N2O3/c13-12(14,15)11(3-4-16-6-11)10(20)17-8-2-1-7(5-8)9(18)19/h7-8,16H,1-6H2,(H,17,20)(H,18,19)/t7-,8+,11?/m1/s1. The third kappa shape index (κ3) is 2.61. The summed E-state index contributed by atoms with van der Waals surface area (Å²) in [5.41, 5.74) is -2.38. The van der Waals surface area contributed by atoms with E-state index in [0.717, 1.165) is 0 Å². The van der Waals surface area contributed by atoms with Crippen molar-refractivity contribution in [3.63, 3.8) is 0 Å². The number of alkyl halides is 3. The van der Waals surface area contributed by atoms with Crippen molar-refractivity contribution in [2.24, 2.45) is 11.3 Å². The van der Waals surface area contributed by atoms with E-state index in [9.17, 15) is 22.8 Å². The number of carboxylic acid groups (broad SMARTS) is 1. The second-order valence-electron chi connectivity index (χ2n) is 5.53. The minimum atomic E-state index is -4.61. The van der Waals surface area contributed by atoms with Gasteiger partial charge in [0, 0.05) is 12.6 Å². The predicted molar refractivity (Wildman–Crippen MR) is 62.9 cm³/mol. The maximum atomic E-state index is 13.2. The van der Waals surface area contributed by atoms with E-state index in [2.05, 4.69) is 10.6 Å². The van der Waals surface area contributed by atoms with Gasteiger partial charge in [0.2, 0.25) is 5.91 Å². The Bertz CT molecular complexity index is 405. The van der Waals surface area contributed by atoms with Crippen molar-refractivity contribution in [3.8, 4) is 0 Å². The Kier molecular flexibility index (Phi) is 3.95. The fourth-order valence-corrected chi connectivity index (χ4v) is 2.92. The summed E-state index contributed by atoms with van der Waals surface area (Å²) in [6.45, 7) is -0.271. The van der Waals surface area contributed by atoms with E-state index >= 15 is 0 Å². The molecule has 0 bridgehead atoms. The monoisotopic (exact) mass is 294 g/mol. The summed E-state index contributed by atoms with van der Waals surface area (Å²) < 4.78 is 39.5. The number of carboxylic acids is 1. The second kappa shape index (κ2) is 5.23. The number of amides is 1. The Morgan fingerprint density at radius 3 is 2.45 bits per heavy atom. The lowest BCUT2D eigenvalue weighted by molar-refractivity contribution is -0.216. The molecule has 3 N–H and O–H groups in total. The van der Waals surface area contributed by atoms with Crippen LogP contribution in [0.1, 0.15) is 25.7 Å². The lowest BCUT2D eigenvalue weighted by atomic mass is 9.85. The molecule has 2 aliphatic rings. The SMILES string of the molecule is O=C(O)[C@@H]1CC[C@H](NC(=O)C2(C(F)(F)F)CCNC2)C1. The van der Waals surface area contributed by atoms with Gasteiger partial charge in [-0.3, -0.25) is 9.59 Å². The zero-order valence-electron chi connectivity index (χ0n) is 10.8. The van der Waals surface area contributed by atoms with Gasteiger partial charge in [-0.25, -0.2) is 0 Å². The van der Waals surface area contributed by atoms with Crippen LogP contribution in [0.3, 0.4) is 0 Å². The van der Waals surface area contributed by atoms with Gasteiger partial charge in [0.15, 0.2) is 5.41 Å². The van der Waals surface area contributed by atoms with Gasteiger partial charge < -0.3 is 15.7 Å². The summed E-state index contributed by atoms with van der Waals surface area (Å²) in [5.74, 6) is -2.58. The minimum absolute atomic E-state index is 0.148. The number of nitrogens with one attached hydrogen (secondary N) is 2. The van der Waals surface area contributed by atoms with Crippen LogP contribution in [0, 0.1) is 11.3 Å². The first-order chi connectivity index (χ1) is 9.26. The van der Waals surface area contributed by atoms with E-state index in [0.29, 0.717) is 12.8 Å². The van der Waals surface area contributed by atoms with Gasteiger partial charge in [0.1, 0.15) is 0 Å². The molecule has 8 heteroatoms. The van der Waals surface area contributed by atoms with Crippen LogP contribution in [0.5, 0.6) is 0 Å². The van der Waals surface area contributed by atoms with E-state index in [1.54, 1.807) is 0 Å². The average molecular weight is 294 g/mol. The lowest BCUT2D eigenvalue weighted by Crippen LogP contribution is -2.54. The second-order valence-corrected chi connectivity index (χ2v) is 5.53. The fraction of sp³-hybridized carbons (Fsp3) is 0.833. The van der Waals surface area contributed by atoms with Gasteiger partial charge in [-0.15, -0.1) is 0 Å². The van der Waals surface area contributed by atoms with Crippen LogP contribution in [-0.2, 0) is 9.59 Å². The largest absolute Gasteiger partial charge is 0.481 e. The summed E-state index contributed by atoms with van der Waals surface area (Å²) >= 11 is 0. The average Bonchev–Trinajstić information content (AvgIpc) is 2.96. The molecular formula is C12H17F3N2O3. The van der Waals surface area contributed by atoms with Crippen LogP contribution < -0.4 is 10.6 Å². The molecule has 3 atom stereocenters. The number of aliphatic carboxylic acids is 1. The van der Waals surface area contributed by atoms with Crippen molar-refractivity contribution >= 4 is 11.9 Å². The number of hydrogen-bond acceptors (Lipinski definition) is 3. The molecule has 0 radical (unpaired) electrons. The Labute approximate surface area is 113 Å². The highest BCUT2D eigenvalue weighted by molar-refractivity contribution is 5.84. The first-order valence-corrected chi connectivity index (χ1v) is 6.57. The van der Waals surface area contributed by atoms with E-state index in [1.165, 1.54) is 0 Å². The van der Waals surface area contributed by atoms with Crippen LogP contribution in [0.4, 0.5) is 13.2 Å². The summed E-state index contributed by atoms with van der Waals surface area (Å²) in [7, 11) is 0. The normalized spacial score (nSPS) is 34.1. The van der Waals surface area contributed by atoms with Gasteiger partial charge >= 0.3 is 12.1 Å². The van der Waals surface area contributed by atoms with Crippen LogP contribution in [0.15, 0.2) is 0 Å². The molecule has 0 aromatic carbocycles. The third-order valence-electron chi connectivity index (χ3n) is 4.25. The van der Waals surface area contributed by atoms with Crippen molar-refractivity contribution < 1.29 is 27.9 Å². The number of carbonyl (C=O) groups is 2. The lowest BCUT2D eigenvalue weighted by Gasteiger charge is -2.30. The number of halogens is 3. The van der Waals surface area contributed by atoms with Crippen LogP contribution in [0.25, 0.3) is 0 Å². The summed E-state index contributed by atoms with van der Waals surface area (Å²) in [4.78, 5) is 22.8. The van der Waals surface area contributed by atoms with Crippen LogP contribution >= 0.6 is 0 Å². The molecule has 1 heterocycles. The Balaban J connectivity index is 2.02. The molecule has 1 saturated heterocycles. The topological polar surface area (TPSA) is 78.4 Å². The van der Waals surface area contributed by atoms with E-state index in [4.69, 9.17) is 5.11 Å². The van der Waals surface area contributed by atoms with Gasteiger partial charge in [0.05, 0.1) is 5.92 Å². The molecule has 2 rings (SSSR count). The molecule has 1 saturated carbocycles. The maximum Gasteiger partial charge on any atom is 0.404 e. The molecule has 2 fully saturated rings. The summed E-state index contributed by atoms with van der Waals surface area (Å²) in [6.07, 6.45) is -3.90. The Hall–Kier alpha value is -1.31. The first kappa shape index (κ1) is 15.1. The predicted octanol–water partition coefficient (Wildman–Crippen LogP) is 0.898. The van der Waals surface area contributed by atoms with Gasteiger partial charge in [-0.1, -0.05) is 0 Å². The highest BCUT2D eigenvalue weighted by Crippen LogP contribution is 2.43. The zero-order valence-corrected chi connectivity index (χ0v) is 10.8. The fourth-order valence-electron chi connectivity index (χ4n) is 2.92. The molecule has 5 nitrogen and oxygen atoms in total. The van der Waals surface area contributed by atoms with E-state index < -0.39 is 42.0 Å².